The third-order valence-corrected chi connectivity index (χ3v) is 4.35. The number of benzene rings is 1. The summed E-state index contributed by atoms with van der Waals surface area (Å²) in [6.45, 7) is 0. The predicted molar refractivity (Wildman–Crippen MR) is 73.2 cm³/mol. The van der Waals surface area contributed by atoms with Crippen LogP contribution in [0.5, 0.6) is 5.75 Å². The molecule has 0 unspecified atom stereocenters. The first kappa shape index (κ1) is 11.0. The zero-order chi connectivity index (χ0) is 12.8. The molecule has 0 saturated heterocycles. The summed E-state index contributed by atoms with van der Waals surface area (Å²) in [6.07, 6.45) is 10.1. The van der Waals surface area contributed by atoms with Gasteiger partial charge in [0.1, 0.15) is 11.5 Å². The lowest BCUT2D eigenvalue weighted by molar-refractivity contribution is -0.114. The second-order valence-corrected chi connectivity index (χ2v) is 5.57. The average molecular weight is 252 g/mol. The monoisotopic (exact) mass is 252 g/mol. The highest BCUT2D eigenvalue weighted by molar-refractivity contribution is 5.93. The molecule has 2 heteroatoms. The van der Waals surface area contributed by atoms with Crippen LogP contribution < -0.4 is 4.74 Å². The van der Waals surface area contributed by atoms with Gasteiger partial charge in [-0.2, -0.15) is 0 Å². The van der Waals surface area contributed by atoms with E-state index < -0.39 is 0 Å². The zero-order valence-corrected chi connectivity index (χ0v) is 10.9. The molecule has 0 bridgehead atoms. The molecule has 2 aliphatic carbocycles. The van der Waals surface area contributed by atoms with Crippen molar-refractivity contribution < 1.29 is 9.53 Å². The molecule has 1 aliphatic heterocycles. The molecule has 0 fully saturated rings. The maximum Gasteiger partial charge on any atom is 0.163 e. The number of allylic oxidation sites excluding steroid dienone is 3. The number of rotatable bonds is 0. The molecule has 0 N–H and O–H groups in total. The molecule has 3 aliphatic rings. The summed E-state index contributed by atoms with van der Waals surface area (Å²) in [4.78, 5) is 11.5. The Kier molecular flexibility index (Phi) is 2.37. The Bertz CT molecular complexity index is 635. The van der Waals surface area contributed by atoms with Crippen LogP contribution in [0.3, 0.4) is 0 Å². The van der Waals surface area contributed by atoms with Crippen molar-refractivity contribution in [2.45, 2.75) is 38.5 Å². The number of ketones is 1. The predicted octanol–water partition coefficient (Wildman–Crippen LogP) is 3.28. The highest BCUT2D eigenvalue weighted by atomic mass is 16.5. The summed E-state index contributed by atoms with van der Waals surface area (Å²) >= 11 is 0. The van der Waals surface area contributed by atoms with Crippen molar-refractivity contribution in [2.75, 3.05) is 0 Å². The molecular weight excluding hydrogens is 236 g/mol. The summed E-state index contributed by atoms with van der Waals surface area (Å²) in [6, 6.07) is 4.28. The lowest BCUT2D eigenvalue weighted by atomic mass is 9.83. The molecule has 0 radical (unpaired) electrons. The van der Waals surface area contributed by atoms with Gasteiger partial charge in [-0.25, -0.2) is 0 Å². The van der Waals surface area contributed by atoms with E-state index in [2.05, 4.69) is 12.1 Å². The van der Waals surface area contributed by atoms with Crippen LogP contribution in [0.4, 0.5) is 0 Å². The van der Waals surface area contributed by atoms with E-state index in [9.17, 15) is 4.79 Å². The molecule has 0 atom stereocenters. The van der Waals surface area contributed by atoms with E-state index in [1.807, 2.05) is 6.08 Å². The first-order valence-electron chi connectivity index (χ1n) is 7.07. The fraction of sp³-hybridized carbons (Fsp3) is 0.353. The number of ether oxygens (including phenoxy) is 1. The summed E-state index contributed by atoms with van der Waals surface area (Å²) < 4.78 is 5.94. The second kappa shape index (κ2) is 4.09. The van der Waals surface area contributed by atoms with Crippen molar-refractivity contribution in [2.24, 2.45) is 0 Å². The van der Waals surface area contributed by atoms with Gasteiger partial charge in [0.05, 0.1) is 0 Å². The highest BCUT2D eigenvalue weighted by Gasteiger charge is 2.26. The quantitative estimate of drug-likeness (QED) is 0.708. The van der Waals surface area contributed by atoms with Crippen molar-refractivity contribution in [1.29, 1.82) is 0 Å². The summed E-state index contributed by atoms with van der Waals surface area (Å²) in [5.74, 6) is 1.86. The lowest BCUT2D eigenvalue weighted by Crippen LogP contribution is -2.18. The molecule has 96 valence electrons. The van der Waals surface area contributed by atoms with Crippen molar-refractivity contribution in [3.05, 3.63) is 52.3 Å². The van der Waals surface area contributed by atoms with E-state index in [1.165, 1.54) is 47.9 Å². The van der Waals surface area contributed by atoms with Gasteiger partial charge in [-0.3, -0.25) is 4.79 Å². The van der Waals surface area contributed by atoms with E-state index in [-0.39, 0.29) is 5.78 Å². The topological polar surface area (TPSA) is 26.3 Å². The van der Waals surface area contributed by atoms with Gasteiger partial charge in [-0.15, -0.1) is 0 Å². The van der Waals surface area contributed by atoms with Crippen LogP contribution in [0.25, 0.3) is 0 Å². The zero-order valence-electron chi connectivity index (χ0n) is 10.9. The minimum atomic E-state index is 0.139. The number of hydrogen-bond donors (Lipinski definition) is 0. The maximum atomic E-state index is 11.5. The fourth-order valence-electron chi connectivity index (χ4n) is 3.36. The van der Waals surface area contributed by atoms with E-state index >= 15 is 0 Å². The Hall–Kier alpha value is -1.83. The number of fused-ring (bicyclic) bond motifs is 4. The smallest absolute Gasteiger partial charge is 0.163 e. The van der Waals surface area contributed by atoms with E-state index in [1.54, 1.807) is 6.08 Å². The SMILES string of the molecule is O=C1C=C2Oc3ccc4c(c3CC2=CC1)CCCC4. The number of hydrogen-bond acceptors (Lipinski definition) is 2. The first-order valence-corrected chi connectivity index (χ1v) is 7.07. The molecule has 19 heavy (non-hydrogen) atoms. The molecular formula is C17H16O2. The molecule has 1 aromatic carbocycles. The van der Waals surface area contributed by atoms with Crippen molar-refractivity contribution in [3.63, 3.8) is 0 Å². The number of carbonyl (C=O) groups excluding carboxylic acids is 1. The van der Waals surface area contributed by atoms with Gasteiger partial charge in [-0.1, -0.05) is 12.1 Å². The lowest BCUT2D eigenvalue weighted by Gasteiger charge is -2.29. The van der Waals surface area contributed by atoms with Crippen molar-refractivity contribution in [3.8, 4) is 5.75 Å². The van der Waals surface area contributed by atoms with E-state index in [0.29, 0.717) is 6.42 Å². The van der Waals surface area contributed by atoms with Gasteiger partial charge in [0.2, 0.25) is 0 Å². The van der Waals surface area contributed by atoms with Gasteiger partial charge < -0.3 is 4.74 Å². The van der Waals surface area contributed by atoms with Crippen LogP contribution in [0.1, 0.15) is 36.0 Å². The molecule has 4 rings (SSSR count). The largest absolute Gasteiger partial charge is 0.457 e. The summed E-state index contributed by atoms with van der Waals surface area (Å²) in [5.41, 5.74) is 5.54. The second-order valence-electron chi connectivity index (χ2n) is 5.57. The average Bonchev–Trinajstić information content (AvgIpc) is 2.45. The van der Waals surface area contributed by atoms with Crippen LogP contribution in [0.15, 0.2) is 35.6 Å². The van der Waals surface area contributed by atoms with Gasteiger partial charge in [0.15, 0.2) is 5.78 Å². The Labute approximate surface area is 112 Å². The summed E-state index contributed by atoms with van der Waals surface area (Å²) in [7, 11) is 0. The molecule has 0 aromatic heterocycles. The van der Waals surface area contributed by atoms with Gasteiger partial charge in [0, 0.05) is 24.5 Å². The molecule has 1 heterocycles. The van der Waals surface area contributed by atoms with Crippen LogP contribution in [-0.4, -0.2) is 5.78 Å². The van der Waals surface area contributed by atoms with Crippen LogP contribution in [0, 0.1) is 0 Å². The Morgan fingerprint density at radius 3 is 2.89 bits per heavy atom. The normalized spacial score (nSPS) is 20.5. The molecule has 0 saturated carbocycles. The van der Waals surface area contributed by atoms with Gasteiger partial charge >= 0.3 is 0 Å². The van der Waals surface area contributed by atoms with E-state index in [4.69, 9.17) is 4.74 Å². The fourth-order valence-corrected chi connectivity index (χ4v) is 3.36. The molecule has 1 aromatic rings. The molecule has 0 amide bonds. The minimum absolute atomic E-state index is 0.139. The molecule has 2 nitrogen and oxygen atoms in total. The number of aryl methyl sites for hydroxylation is 1. The third-order valence-electron chi connectivity index (χ3n) is 4.35. The molecule has 0 spiro atoms. The van der Waals surface area contributed by atoms with Gasteiger partial charge in [-0.05, 0) is 48.4 Å². The number of carbonyl (C=O) groups is 1. The maximum absolute atomic E-state index is 11.5. The van der Waals surface area contributed by atoms with Crippen LogP contribution >= 0.6 is 0 Å². The van der Waals surface area contributed by atoms with E-state index in [0.717, 1.165) is 17.9 Å². The Morgan fingerprint density at radius 2 is 1.95 bits per heavy atom. The third kappa shape index (κ3) is 1.74. The standard InChI is InChI=1S/C17H16O2/c18-13-7-5-12-9-15-14-4-2-1-3-11(14)6-8-16(15)19-17(12)10-13/h5-6,8,10H,1-4,7,9H2. The van der Waals surface area contributed by atoms with Crippen molar-refractivity contribution in [1.82, 2.24) is 0 Å². The first-order chi connectivity index (χ1) is 9.31. The van der Waals surface area contributed by atoms with Crippen LogP contribution in [0.2, 0.25) is 0 Å². The minimum Gasteiger partial charge on any atom is -0.457 e. The van der Waals surface area contributed by atoms with Crippen molar-refractivity contribution >= 4 is 5.78 Å². The van der Waals surface area contributed by atoms with Crippen LogP contribution in [-0.2, 0) is 24.1 Å². The van der Waals surface area contributed by atoms with Gasteiger partial charge in [0.25, 0.3) is 0 Å². The Morgan fingerprint density at radius 1 is 1.05 bits per heavy atom. The summed E-state index contributed by atoms with van der Waals surface area (Å²) in [5, 5.41) is 0. The Balaban J connectivity index is 1.83. The highest BCUT2D eigenvalue weighted by Crippen LogP contribution is 2.39.